The van der Waals surface area contributed by atoms with Gasteiger partial charge in [-0.05, 0) is 48.2 Å². The van der Waals surface area contributed by atoms with Crippen LogP contribution in [0.15, 0.2) is 48.5 Å². The lowest BCUT2D eigenvalue weighted by Crippen LogP contribution is -2.56. The molecule has 0 radical (unpaired) electrons. The molecule has 0 bridgehead atoms. The van der Waals surface area contributed by atoms with Gasteiger partial charge in [0.1, 0.15) is 5.54 Å². The van der Waals surface area contributed by atoms with Gasteiger partial charge in [0.05, 0.1) is 13.0 Å². The van der Waals surface area contributed by atoms with Gasteiger partial charge in [-0.2, -0.15) is 0 Å². The van der Waals surface area contributed by atoms with Crippen LogP contribution in [0.2, 0.25) is 10.0 Å². The standard InChI is InChI=1S/C22H21Cl2N3O3/c23-17-6-4-15(5-7-17)13-19(28)26-10-8-22(9-11-26)20(29)27(21(30)25-22)14-16-2-1-3-18(24)12-16/h1-7,12H,8-11,13-14H2,(H,25,30). The number of rotatable bonds is 4. The summed E-state index contributed by atoms with van der Waals surface area (Å²) in [7, 11) is 0. The molecule has 0 aromatic heterocycles. The number of nitrogens with one attached hydrogen (secondary N) is 1. The van der Waals surface area contributed by atoms with Crippen LogP contribution >= 0.6 is 23.2 Å². The number of carbonyl (C=O) groups excluding carboxylic acids is 3. The molecule has 2 aromatic rings. The normalized spacial score (nSPS) is 18.1. The van der Waals surface area contributed by atoms with E-state index in [0.717, 1.165) is 11.1 Å². The number of urea groups is 1. The molecule has 1 N–H and O–H groups in total. The Bertz CT molecular complexity index is 985. The highest BCUT2D eigenvalue weighted by atomic mass is 35.5. The first-order valence-electron chi connectivity index (χ1n) is 9.77. The van der Waals surface area contributed by atoms with Gasteiger partial charge in [-0.25, -0.2) is 4.79 Å². The van der Waals surface area contributed by atoms with Crippen LogP contribution in [0.1, 0.15) is 24.0 Å². The molecular weight excluding hydrogens is 425 g/mol. The van der Waals surface area contributed by atoms with Gasteiger partial charge in [-0.3, -0.25) is 14.5 Å². The summed E-state index contributed by atoms with van der Waals surface area (Å²) in [6, 6.07) is 13.9. The molecule has 0 aliphatic carbocycles. The fourth-order valence-electron chi connectivity index (χ4n) is 4.00. The topological polar surface area (TPSA) is 69.7 Å². The Hall–Kier alpha value is -2.57. The van der Waals surface area contributed by atoms with Crippen molar-refractivity contribution in [3.63, 3.8) is 0 Å². The molecule has 2 aliphatic heterocycles. The lowest BCUT2D eigenvalue weighted by atomic mass is 9.87. The van der Waals surface area contributed by atoms with E-state index in [1.54, 1.807) is 35.2 Å². The zero-order chi connectivity index (χ0) is 21.3. The highest BCUT2D eigenvalue weighted by Crippen LogP contribution is 2.31. The first-order valence-corrected chi connectivity index (χ1v) is 10.5. The molecule has 2 heterocycles. The summed E-state index contributed by atoms with van der Waals surface area (Å²) in [5.74, 6) is -0.239. The number of piperidine rings is 1. The van der Waals surface area contributed by atoms with Crippen LogP contribution in [0, 0.1) is 0 Å². The predicted molar refractivity (Wildman–Crippen MR) is 114 cm³/mol. The van der Waals surface area contributed by atoms with Crippen molar-refractivity contribution >= 4 is 41.0 Å². The maximum atomic E-state index is 13.1. The molecule has 1 spiro atoms. The molecule has 30 heavy (non-hydrogen) atoms. The van der Waals surface area contributed by atoms with Crippen molar-refractivity contribution < 1.29 is 14.4 Å². The lowest BCUT2D eigenvalue weighted by Gasteiger charge is -2.37. The monoisotopic (exact) mass is 445 g/mol. The second-order valence-electron chi connectivity index (χ2n) is 7.72. The number of hydrogen-bond acceptors (Lipinski definition) is 3. The van der Waals surface area contributed by atoms with E-state index in [1.165, 1.54) is 4.90 Å². The molecule has 2 aromatic carbocycles. The average molecular weight is 446 g/mol. The molecular formula is C22H21Cl2N3O3. The Balaban J connectivity index is 1.38. The van der Waals surface area contributed by atoms with Crippen LogP contribution in [-0.4, -0.2) is 46.3 Å². The predicted octanol–water partition coefficient (Wildman–Crippen LogP) is 3.65. The number of nitrogens with zero attached hydrogens (tertiary/aromatic N) is 2. The van der Waals surface area contributed by atoms with E-state index in [1.807, 2.05) is 18.2 Å². The Morgan fingerprint density at radius 1 is 0.967 bits per heavy atom. The van der Waals surface area contributed by atoms with Crippen molar-refractivity contribution in [2.45, 2.75) is 31.3 Å². The first-order chi connectivity index (χ1) is 14.4. The molecule has 0 atom stereocenters. The van der Waals surface area contributed by atoms with Crippen LogP contribution in [-0.2, 0) is 22.6 Å². The van der Waals surface area contributed by atoms with Gasteiger partial charge < -0.3 is 10.2 Å². The molecule has 0 unspecified atom stereocenters. The fourth-order valence-corrected chi connectivity index (χ4v) is 4.34. The van der Waals surface area contributed by atoms with Crippen molar-refractivity contribution in [1.29, 1.82) is 0 Å². The average Bonchev–Trinajstić information content (AvgIpc) is 2.94. The van der Waals surface area contributed by atoms with Crippen molar-refractivity contribution in [2.24, 2.45) is 0 Å². The van der Waals surface area contributed by atoms with Crippen molar-refractivity contribution in [1.82, 2.24) is 15.1 Å². The van der Waals surface area contributed by atoms with E-state index in [0.29, 0.717) is 36.0 Å². The molecule has 8 heteroatoms. The third kappa shape index (κ3) is 4.16. The minimum absolute atomic E-state index is 0.000251. The number of benzene rings is 2. The van der Waals surface area contributed by atoms with Gasteiger partial charge >= 0.3 is 6.03 Å². The second kappa shape index (κ2) is 8.28. The van der Waals surface area contributed by atoms with Crippen molar-refractivity contribution in [3.8, 4) is 0 Å². The molecule has 4 rings (SSSR count). The fraction of sp³-hybridized carbons (Fsp3) is 0.318. The highest BCUT2D eigenvalue weighted by molar-refractivity contribution is 6.30. The SMILES string of the molecule is O=C(Cc1ccc(Cl)cc1)N1CCC2(CC1)NC(=O)N(Cc1cccc(Cl)c1)C2=O. The third-order valence-corrected chi connectivity index (χ3v) is 6.20. The number of hydrogen-bond donors (Lipinski definition) is 1. The van der Waals surface area contributed by atoms with Gasteiger partial charge in [0.2, 0.25) is 5.91 Å². The number of amides is 4. The Morgan fingerprint density at radius 2 is 1.67 bits per heavy atom. The van der Waals surface area contributed by atoms with E-state index in [4.69, 9.17) is 23.2 Å². The Morgan fingerprint density at radius 3 is 2.33 bits per heavy atom. The second-order valence-corrected chi connectivity index (χ2v) is 8.59. The Labute approximate surface area is 184 Å². The maximum absolute atomic E-state index is 13.1. The lowest BCUT2D eigenvalue weighted by molar-refractivity contribution is -0.138. The molecule has 0 saturated carbocycles. The van der Waals surface area contributed by atoms with Gasteiger partial charge in [0.15, 0.2) is 0 Å². The zero-order valence-electron chi connectivity index (χ0n) is 16.2. The van der Waals surface area contributed by atoms with Crippen LogP contribution in [0.25, 0.3) is 0 Å². The maximum Gasteiger partial charge on any atom is 0.325 e. The largest absolute Gasteiger partial charge is 0.342 e. The van der Waals surface area contributed by atoms with E-state index in [-0.39, 0.29) is 24.8 Å². The highest BCUT2D eigenvalue weighted by Gasteiger charge is 2.52. The van der Waals surface area contributed by atoms with E-state index in [9.17, 15) is 14.4 Å². The smallest absolute Gasteiger partial charge is 0.325 e. The van der Waals surface area contributed by atoms with Crippen LogP contribution in [0.5, 0.6) is 0 Å². The molecule has 4 amide bonds. The first kappa shape index (κ1) is 20.7. The van der Waals surface area contributed by atoms with Crippen molar-refractivity contribution in [2.75, 3.05) is 13.1 Å². The van der Waals surface area contributed by atoms with E-state index < -0.39 is 11.6 Å². The van der Waals surface area contributed by atoms with Crippen LogP contribution in [0.4, 0.5) is 4.79 Å². The van der Waals surface area contributed by atoms with Gasteiger partial charge in [-0.1, -0.05) is 47.5 Å². The number of likely N-dealkylation sites (tertiary alicyclic amines) is 1. The summed E-state index contributed by atoms with van der Waals surface area (Å²) < 4.78 is 0. The molecule has 2 saturated heterocycles. The quantitative estimate of drug-likeness (QED) is 0.730. The summed E-state index contributed by atoms with van der Waals surface area (Å²) in [6.07, 6.45) is 1.08. The number of carbonyl (C=O) groups is 3. The third-order valence-electron chi connectivity index (χ3n) is 5.71. The van der Waals surface area contributed by atoms with Gasteiger partial charge in [-0.15, -0.1) is 0 Å². The zero-order valence-corrected chi connectivity index (χ0v) is 17.7. The number of imide groups is 1. The summed E-state index contributed by atoms with van der Waals surface area (Å²) in [5, 5.41) is 4.06. The molecule has 2 fully saturated rings. The van der Waals surface area contributed by atoms with Crippen LogP contribution < -0.4 is 5.32 Å². The van der Waals surface area contributed by atoms with E-state index >= 15 is 0 Å². The molecule has 156 valence electrons. The van der Waals surface area contributed by atoms with Gasteiger partial charge in [0, 0.05) is 23.1 Å². The summed E-state index contributed by atoms with van der Waals surface area (Å²) in [4.78, 5) is 41.2. The summed E-state index contributed by atoms with van der Waals surface area (Å²) >= 11 is 11.9. The van der Waals surface area contributed by atoms with Crippen LogP contribution in [0.3, 0.4) is 0 Å². The van der Waals surface area contributed by atoms with E-state index in [2.05, 4.69) is 5.32 Å². The summed E-state index contributed by atoms with van der Waals surface area (Å²) in [5.41, 5.74) is 0.744. The van der Waals surface area contributed by atoms with Crippen molar-refractivity contribution in [3.05, 3.63) is 69.7 Å². The minimum Gasteiger partial charge on any atom is -0.342 e. The number of halogens is 2. The molecule has 2 aliphatic rings. The summed E-state index contributed by atoms with van der Waals surface area (Å²) in [6.45, 7) is 1.01. The molecule has 6 nitrogen and oxygen atoms in total. The Kier molecular flexibility index (Phi) is 5.71. The minimum atomic E-state index is -0.938. The van der Waals surface area contributed by atoms with Gasteiger partial charge in [0.25, 0.3) is 5.91 Å².